The van der Waals surface area contributed by atoms with Crippen LogP contribution < -0.4 is 16.2 Å². The number of aromatic nitrogens is 1. The highest BCUT2D eigenvalue weighted by atomic mass is 32.2. The number of nitrogens with one attached hydrogen (secondary N) is 1. The maximum absolute atomic E-state index is 13.3. The van der Waals surface area contributed by atoms with Gasteiger partial charge in [0.1, 0.15) is 5.82 Å². The van der Waals surface area contributed by atoms with Crippen LogP contribution in [0.25, 0.3) is 0 Å². The third kappa shape index (κ3) is 5.06. The van der Waals surface area contributed by atoms with Gasteiger partial charge < -0.3 is 4.90 Å². The molecule has 1 aromatic carbocycles. The second-order valence-corrected chi connectivity index (χ2v) is 8.80. The summed E-state index contributed by atoms with van der Waals surface area (Å²) in [7, 11) is -3.14. The molecular weight excluding hydrogens is 401 g/mol. The lowest BCUT2D eigenvalue weighted by Crippen LogP contribution is -2.49. The highest BCUT2D eigenvalue weighted by molar-refractivity contribution is 7.91. The van der Waals surface area contributed by atoms with Gasteiger partial charge in [0, 0.05) is 25.0 Å². The van der Waals surface area contributed by atoms with Crippen LogP contribution >= 0.6 is 0 Å². The zero-order valence-corrected chi connectivity index (χ0v) is 16.2. The number of amides is 3. The minimum absolute atomic E-state index is 0.0538. The lowest BCUT2D eigenvalue weighted by atomic mass is 10.2. The molecule has 1 saturated heterocycles. The van der Waals surface area contributed by atoms with E-state index in [1.165, 1.54) is 46.3 Å². The minimum Gasteiger partial charge on any atom is -0.322 e. The molecule has 0 bridgehead atoms. The summed E-state index contributed by atoms with van der Waals surface area (Å²) < 4.78 is 36.6. The van der Waals surface area contributed by atoms with Crippen molar-refractivity contribution in [1.82, 2.24) is 15.3 Å². The maximum atomic E-state index is 13.3. The number of hydrogen-bond acceptors (Lipinski definition) is 6. The van der Waals surface area contributed by atoms with Crippen LogP contribution in [0.3, 0.4) is 0 Å². The van der Waals surface area contributed by atoms with E-state index in [0.717, 1.165) is 0 Å². The first-order valence-electron chi connectivity index (χ1n) is 8.77. The zero-order valence-electron chi connectivity index (χ0n) is 15.4. The van der Waals surface area contributed by atoms with Crippen molar-refractivity contribution >= 4 is 27.5 Å². The van der Waals surface area contributed by atoms with E-state index in [9.17, 15) is 22.4 Å². The fourth-order valence-corrected chi connectivity index (χ4v) is 4.06. The van der Waals surface area contributed by atoms with Gasteiger partial charge in [-0.15, -0.1) is 0 Å². The first-order chi connectivity index (χ1) is 13.8. The Labute approximate surface area is 167 Å². The van der Waals surface area contributed by atoms with E-state index >= 15 is 0 Å². The molecule has 0 atom stereocenters. The Hall–Kier alpha value is -3.05. The summed E-state index contributed by atoms with van der Waals surface area (Å²) in [5, 5.41) is 0. The van der Waals surface area contributed by atoms with Gasteiger partial charge in [0.2, 0.25) is 0 Å². The summed E-state index contributed by atoms with van der Waals surface area (Å²) >= 11 is 0. The average molecular weight is 421 g/mol. The molecule has 0 spiro atoms. The Balaban J connectivity index is 1.84. The van der Waals surface area contributed by atoms with Crippen LogP contribution in [0.4, 0.5) is 14.9 Å². The van der Waals surface area contributed by atoms with Crippen molar-refractivity contribution in [3.05, 3.63) is 59.7 Å². The predicted molar refractivity (Wildman–Crippen MR) is 104 cm³/mol. The molecule has 2 heterocycles. The molecule has 0 radical (unpaired) electrons. The highest BCUT2D eigenvalue weighted by Gasteiger charge is 2.29. The van der Waals surface area contributed by atoms with E-state index < -0.39 is 27.6 Å². The summed E-state index contributed by atoms with van der Waals surface area (Å²) in [6, 6.07) is 8.09. The number of anilines is 1. The number of halogens is 1. The van der Waals surface area contributed by atoms with E-state index in [-0.39, 0.29) is 36.7 Å². The van der Waals surface area contributed by atoms with Crippen molar-refractivity contribution in [3.63, 3.8) is 0 Å². The fourth-order valence-electron chi connectivity index (χ4n) is 2.86. The van der Waals surface area contributed by atoms with Crippen molar-refractivity contribution in [2.45, 2.75) is 6.54 Å². The lowest BCUT2D eigenvalue weighted by Gasteiger charge is -2.32. The molecule has 0 aliphatic carbocycles. The lowest BCUT2D eigenvalue weighted by molar-refractivity contribution is 0.0953. The second-order valence-electron chi connectivity index (χ2n) is 6.50. The van der Waals surface area contributed by atoms with Crippen molar-refractivity contribution in [3.8, 4) is 0 Å². The Bertz CT molecular complexity index is 982. The van der Waals surface area contributed by atoms with Gasteiger partial charge in [-0.2, -0.15) is 0 Å². The van der Waals surface area contributed by atoms with E-state index in [4.69, 9.17) is 5.84 Å². The Morgan fingerprint density at radius 3 is 2.34 bits per heavy atom. The molecule has 0 unspecified atom stereocenters. The van der Waals surface area contributed by atoms with Gasteiger partial charge >= 0.3 is 6.03 Å². The van der Waals surface area contributed by atoms with Crippen LogP contribution in [0.1, 0.15) is 16.1 Å². The average Bonchev–Trinajstić information content (AvgIpc) is 2.72. The Morgan fingerprint density at radius 2 is 1.79 bits per heavy atom. The predicted octanol–water partition coefficient (Wildman–Crippen LogP) is 0.681. The van der Waals surface area contributed by atoms with E-state index in [0.29, 0.717) is 11.4 Å². The molecule has 0 saturated carbocycles. The molecule has 3 amide bonds. The van der Waals surface area contributed by atoms with Crippen LogP contribution in [0.5, 0.6) is 0 Å². The standard InChI is InChI=1S/C18H20FN5O4S/c19-14-2-5-16(6-3-14)24(18(26)23-7-9-29(27,28)10-8-23)12-15-4-1-13(11-21-15)17(25)22-20/h1-6,11H,7-10,12,20H2,(H,22,25). The number of nitrogen functional groups attached to an aromatic ring is 1. The summed E-state index contributed by atoms with van der Waals surface area (Å²) in [6.45, 7) is 0.224. The molecule has 9 nitrogen and oxygen atoms in total. The molecule has 3 rings (SSSR count). The largest absolute Gasteiger partial charge is 0.324 e. The van der Waals surface area contributed by atoms with Crippen LogP contribution in [0.15, 0.2) is 42.6 Å². The Kier molecular flexibility index (Phi) is 6.09. The first kappa shape index (κ1) is 20.7. The van der Waals surface area contributed by atoms with Gasteiger partial charge in [-0.25, -0.2) is 23.4 Å². The third-order valence-corrected chi connectivity index (χ3v) is 6.13. The number of carbonyl (C=O) groups excluding carboxylic acids is 2. The zero-order chi connectivity index (χ0) is 21.0. The minimum atomic E-state index is -3.14. The molecule has 1 aliphatic heterocycles. The van der Waals surface area contributed by atoms with Gasteiger partial charge in [0.05, 0.1) is 29.3 Å². The second kappa shape index (κ2) is 8.53. The molecule has 29 heavy (non-hydrogen) atoms. The molecule has 1 aliphatic rings. The molecule has 3 N–H and O–H groups in total. The molecule has 11 heteroatoms. The first-order valence-corrected chi connectivity index (χ1v) is 10.6. The van der Waals surface area contributed by atoms with Crippen LogP contribution in [0, 0.1) is 5.82 Å². The van der Waals surface area contributed by atoms with Crippen LogP contribution in [-0.4, -0.2) is 54.8 Å². The van der Waals surface area contributed by atoms with Crippen molar-refractivity contribution in [1.29, 1.82) is 0 Å². The number of hydrogen-bond donors (Lipinski definition) is 2. The summed E-state index contributed by atoms with van der Waals surface area (Å²) in [5.74, 6) is 3.95. The molecule has 1 fully saturated rings. The quantitative estimate of drug-likeness (QED) is 0.425. The fraction of sp³-hybridized carbons (Fsp3) is 0.278. The van der Waals surface area contributed by atoms with Crippen molar-refractivity contribution in [2.24, 2.45) is 5.84 Å². The number of nitrogens with two attached hydrogens (primary N) is 1. The number of pyridine rings is 1. The van der Waals surface area contributed by atoms with Gasteiger partial charge in [0.15, 0.2) is 9.84 Å². The number of rotatable bonds is 4. The summed E-state index contributed by atoms with van der Waals surface area (Å²) in [5.41, 5.74) is 3.19. The number of nitrogens with zero attached hydrogens (tertiary/aromatic N) is 3. The maximum Gasteiger partial charge on any atom is 0.324 e. The topological polar surface area (TPSA) is 126 Å². The Morgan fingerprint density at radius 1 is 1.14 bits per heavy atom. The van der Waals surface area contributed by atoms with Crippen molar-refractivity contribution < 1.29 is 22.4 Å². The normalized spacial score (nSPS) is 15.6. The molecular formula is C18H20FN5O4S. The number of carbonyl (C=O) groups is 2. The van der Waals surface area contributed by atoms with Crippen LogP contribution in [-0.2, 0) is 16.4 Å². The smallest absolute Gasteiger partial charge is 0.322 e. The molecule has 2 aromatic rings. The third-order valence-electron chi connectivity index (χ3n) is 4.52. The van der Waals surface area contributed by atoms with E-state index in [1.54, 1.807) is 6.07 Å². The summed E-state index contributed by atoms with van der Waals surface area (Å²) in [4.78, 5) is 31.6. The van der Waals surface area contributed by atoms with Crippen LogP contribution in [0.2, 0.25) is 0 Å². The van der Waals surface area contributed by atoms with Gasteiger partial charge in [-0.05, 0) is 36.4 Å². The number of sulfone groups is 1. The van der Waals surface area contributed by atoms with E-state index in [1.807, 2.05) is 5.43 Å². The molecule has 154 valence electrons. The highest BCUT2D eigenvalue weighted by Crippen LogP contribution is 2.20. The molecule has 1 aromatic heterocycles. The summed E-state index contributed by atoms with van der Waals surface area (Å²) in [6.07, 6.45) is 1.33. The van der Waals surface area contributed by atoms with E-state index in [2.05, 4.69) is 4.98 Å². The number of benzene rings is 1. The van der Waals surface area contributed by atoms with Gasteiger partial charge in [-0.1, -0.05) is 0 Å². The number of urea groups is 1. The SMILES string of the molecule is NNC(=O)c1ccc(CN(C(=O)N2CCS(=O)(=O)CC2)c2ccc(F)cc2)nc1. The van der Waals surface area contributed by atoms with Crippen molar-refractivity contribution in [2.75, 3.05) is 29.5 Å². The number of hydrazine groups is 1. The van der Waals surface area contributed by atoms with Gasteiger partial charge in [-0.3, -0.25) is 20.1 Å². The van der Waals surface area contributed by atoms with Gasteiger partial charge in [0.25, 0.3) is 5.91 Å². The monoisotopic (exact) mass is 421 g/mol.